The zero-order chi connectivity index (χ0) is 45.4. The molecule has 0 N–H and O–H groups in total. The van der Waals surface area contributed by atoms with Crippen LogP contribution in [0.1, 0.15) is 0 Å². The lowest BCUT2D eigenvalue weighted by Crippen LogP contribution is -2.00. The molecule has 14 aromatic rings. The molecule has 4 aromatic heterocycles. The second-order valence-corrected chi connectivity index (χ2v) is 17.5. The number of hydrogen-bond donors (Lipinski definition) is 0. The summed E-state index contributed by atoms with van der Waals surface area (Å²) in [5.74, 6) is 1.76. The number of furan rings is 1. The van der Waals surface area contributed by atoms with Gasteiger partial charge in [0.25, 0.3) is 0 Å². The highest BCUT2D eigenvalue weighted by Gasteiger charge is 2.23. The number of aromatic nitrogens is 5. The van der Waals surface area contributed by atoms with Crippen molar-refractivity contribution in [2.45, 2.75) is 0 Å². The van der Waals surface area contributed by atoms with E-state index in [0.717, 1.165) is 94.1 Å². The van der Waals surface area contributed by atoms with Gasteiger partial charge in [-0.2, -0.15) is 0 Å². The fourth-order valence-electron chi connectivity index (χ4n) is 10.5. The van der Waals surface area contributed by atoms with Gasteiger partial charge in [-0.1, -0.05) is 170 Å². The molecule has 6 nitrogen and oxygen atoms in total. The molecule has 0 bridgehead atoms. The second-order valence-electron chi connectivity index (χ2n) is 17.5. The number of fused-ring (bicyclic) bond motifs is 9. The molecule has 6 heteroatoms. The van der Waals surface area contributed by atoms with Crippen molar-refractivity contribution in [3.8, 4) is 67.8 Å². The molecule has 0 spiro atoms. The van der Waals surface area contributed by atoms with Gasteiger partial charge in [-0.05, 0) is 83.4 Å². The van der Waals surface area contributed by atoms with Crippen molar-refractivity contribution in [2.24, 2.45) is 0 Å². The van der Waals surface area contributed by atoms with Crippen LogP contribution in [0.15, 0.2) is 241 Å². The Morgan fingerprint density at radius 3 is 1.35 bits per heavy atom. The lowest BCUT2D eigenvalue weighted by Gasteiger charge is -2.09. The Morgan fingerprint density at radius 2 is 0.710 bits per heavy atom. The molecular formula is C63H39N5O. The minimum atomic E-state index is 0.553. The highest BCUT2D eigenvalue weighted by molar-refractivity contribution is 6.20. The van der Waals surface area contributed by atoms with Gasteiger partial charge in [0.1, 0.15) is 11.2 Å². The Kier molecular flexibility index (Phi) is 8.79. The third-order valence-electron chi connectivity index (χ3n) is 13.6. The van der Waals surface area contributed by atoms with Crippen LogP contribution in [0, 0.1) is 0 Å². The van der Waals surface area contributed by atoms with E-state index in [1.165, 1.54) is 21.8 Å². The molecule has 0 unspecified atom stereocenters. The highest BCUT2D eigenvalue weighted by atomic mass is 16.3. The molecule has 0 amide bonds. The fraction of sp³-hybridized carbons (Fsp3) is 0. The molecule has 0 atom stereocenters. The maximum absolute atomic E-state index is 7.16. The van der Waals surface area contributed by atoms with E-state index in [0.29, 0.717) is 17.5 Å². The number of hydrogen-bond acceptors (Lipinski definition) is 4. The van der Waals surface area contributed by atoms with Gasteiger partial charge in [0.2, 0.25) is 0 Å². The van der Waals surface area contributed by atoms with Crippen molar-refractivity contribution in [3.05, 3.63) is 237 Å². The largest absolute Gasteiger partial charge is 0.455 e. The third kappa shape index (κ3) is 6.23. The Labute approximate surface area is 396 Å². The maximum atomic E-state index is 7.16. The summed E-state index contributed by atoms with van der Waals surface area (Å²) in [4.78, 5) is 15.2. The lowest BCUT2D eigenvalue weighted by atomic mass is 9.95. The zero-order valence-corrected chi connectivity index (χ0v) is 37.2. The van der Waals surface area contributed by atoms with Gasteiger partial charge in [-0.25, -0.2) is 15.0 Å². The van der Waals surface area contributed by atoms with Crippen LogP contribution in [0.4, 0.5) is 0 Å². The molecule has 0 saturated carbocycles. The van der Waals surface area contributed by atoms with E-state index in [2.05, 4.69) is 185 Å². The predicted molar refractivity (Wildman–Crippen MR) is 283 cm³/mol. The molecule has 0 aliphatic rings. The van der Waals surface area contributed by atoms with Crippen LogP contribution in [-0.4, -0.2) is 24.1 Å². The highest BCUT2D eigenvalue weighted by Crippen LogP contribution is 2.45. The molecule has 14 rings (SSSR count). The zero-order valence-electron chi connectivity index (χ0n) is 37.2. The lowest BCUT2D eigenvalue weighted by molar-refractivity contribution is 0.670. The van der Waals surface area contributed by atoms with Crippen molar-refractivity contribution in [2.75, 3.05) is 0 Å². The normalized spacial score (nSPS) is 11.8. The number of para-hydroxylation sites is 5. The predicted octanol–water partition coefficient (Wildman–Crippen LogP) is 16.3. The average molecular weight is 882 g/mol. The van der Waals surface area contributed by atoms with Gasteiger partial charge >= 0.3 is 0 Å². The summed E-state index contributed by atoms with van der Waals surface area (Å²) in [7, 11) is 0. The van der Waals surface area contributed by atoms with Crippen LogP contribution >= 0.6 is 0 Å². The van der Waals surface area contributed by atoms with E-state index in [1.807, 2.05) is 60.7 Å². The molecule has 69 heavy (non-hydrogen) atoms. The molecule has 0 radical (unpaired) electrons. The van der Waals surface area contributed by atoms with Gasteiger partial charge in [-0.3, -0.25) is 0 Å². The van der Waals surface area contributed by atoms with Crippen LogP contribution in [-0.2, 0) is 0 Å². The summed E-state index contributed by atoms with van der Waals surface area (Å²) in [6.07, 6.45) is 0. The van der Waals surface area contributed by atoms with Crippen LogP contribution in [0.3, 0.4) is 0 Å². The Morgan fingerprint density at radius 1 is 0.275 bits per heavy atom. The van der Waals surface area contributed by atoms with Crippen LogP contribution < -0.4 is 0 Å². The van der Waals surface area contributed by atoms with Crippen molar-refractivity contribution in [3.63, 3.8) is 0 Å². The first-order valence-electron chi connectivity index (χ1n) is 23.3. The number of nitrogens with zero attached hydrogens (tertiary/aromatic N) is 5. The summed E-state index contributed by atoms with van der Waals surface area (Å²) in [5, 5.41) is 6.79. The molecule has 10 aromatic carbocycles. The van der Waals surface area contributed by atoms with E-state index in [1.54, 1.807) is 0 Å². The average Bonchev–Trinajstić information content (AvgIpc) is 4.09. The monoisotopic (exact) mass is 881 g/mol. The van der Waals surface area contributed by atoms with Crippen molar-refractivity contribution in [1.29, 1.82) is 0 Å². The number of rotatable bonds is 7. The van der Waals surface area contributed by atoms with E-state index in [4.69, 9.17) is 19.4 Å². The fourth-order valence-corrected chi connectivity index (χ4v) is 10.5. The summed E-state index contributed by atoms with van der Waals surface area (Å²) in [6.45, 7) is 0. The summed E-state index contributed by atoms with van der Waals surface area (Å²) in [6, 6.07) is 83.4. The van der Waals surface area contributed by atoms with Crippen LogP contribution in [0.2, 0.25) is 0 Å². The minimum Gasteiger partial charge on any atom is -0.455 e. The van der Waals surface area contributed by atoms with Crippen molar-refractivity contribution < 1.29 is 4.42 Å². The van der Waals surface area contributed by atoms with Crippen LogP contribution in [0.5, 0.6) is 0 Å². The number of benzene rings is 10. The second kappa shape index (κ2) is 15.6. The first-order chi connectivity index (χ1) is 34.2. The van der Waals surface area contributed by atoms with Crippen LogP contribution in [0.25, 0.3) is 133 Å². The summed E-state index contributed by atoms with van der Waals surface area (Å²) >= 11 is 0. The Hall–Kier alpha value is -9.39. The van der Waals surface area contributed by atoms with Crippen molar-refractivity contribution in [1.82, 2.24) is 24.1 Å². The van der Waals surface area contributed by atoms with Gasteiger partial charge < -0.3 is 13.6 Å². The van der Waals surface area contributed by atoms with Gasteiger partial charge in [0.05, 0.1) is 27.6 Å². The smallest absolute Gasteiger partial charge is 0.167 e. The topological polar surface area (TPSA) is 61.7 Å². The SMILES string of the molecule is c1ccc(-c2nc(-c3ccccc3)nc(-c3cccc4c3oc3c(-c5cccc6c5c5cc(-c7ccc8c(c7)c7ccccc7n8-c7ccccc7)ccc5n6-c5ccccc5)cccc34)n2)cc1. The van der Waals surface area contributed by atoms with Crippen molar-refractivity contribution >= 4 is 65.6 Å². The molecule has 0 aliphatic heterocycles. The first kappa shape index (κ1) is 38.8. The summed E-state index contributed by atoms with van der Waals surface area (Å²) < 4.78 is 11.9. The maximum Gasteiger partial charge on any atom is 0.167 e. The van der Waals surface area contributed by atoms with Gasteiger partial charge in [0, 0.05) is 60.4 Å². The Bertz CT molecular complexity index is 4230. The third-order valence-corrected chi connectivity index (χ3v) is 13.6. The molecule has 0 fully saturated rings. The minimum absolute atomic E-state index is 0.553. The van der Waals surface area contributed by atoms with E-state index >= 15 is 0 Å². The molecular weight excluding hydrogens is 843 g/mol. The first-order valence-corrected chi connectivity index (χ1v) is 23.3. The van der Waals surface area contributed by atoms with E-state index in [9.17, 15) is 0 Å². The molecule has 0 aliphatic carbocycles. The standard InChI is InChI=1S/C63H39N5O/c1-5-18-40(19-6-1)61-64-62(41-20-7-2-8-21-41)66-63(65-61)51-31-16-30-50-49-29-15-28-48(59(49)69-60(50)51)47-27-17-33-57-58(47)53-39-43(35-37-56(53)68(57)45-24-11-4-12-25-45)42-34-36-55-52(38-42)46-26-13-14-32-54(46)67(55)44-22-9-3-10-23-44/h1-39H. The quantitative estimate of drug-likeness (QED) is 0.160. The van der Waals surface area contributed by atoms with Gasteiger partial charge in [0.15, 0.2) is 17.5 Å². The van der Waals surface area contributed by atoms with Gasteiger partial charge in [-0.15, -0.1) is 0 Å². The van der Waals surface area contributed by atoms with E-state index in [-0.39, 0.29) is 0 Å². The molecule has 322 valence electrons. The molecule has 0 saturated heterocycles. The van der Waals surface area contributed by atoms with E-state index < -0.39 is 0 Å². The summed E-state index contributed by atoms with van der Waals surface area (Å²) in [5.41, 5.74) is 15.5. The molecule has 4 heterocycles. The Balaban J connectivity index is 0.979.